The van der Waals surface area contributed by atoms with Gasteiger partial charge in [0.1, 0.15) is 0 Å². The predicted molar refractivity (Wildman–Crippen MR) is 109 cm³/mol. The summed E-state index contributed by atoms with van der Waals surface area (Å²) in [6, 6.07) is 6.23. The van der Waals surface area contributed by atoms with E-state index in [0.29, 0.717) is 12.1 Å². The fourth-order valence-electron chi connectivity index (χ4n) is 3.96. The standard InChI is InChI=1S/C22H26N4O2/c1-14-6-7-18-19(22(28)26-8-4-5-15(26)2)11-20(24-21(18)16(14)3)17-12-23-25(13-17)9-10-27/h6-7,11-13,15,27H,4-5,8-10H2,1-3H3/t15-/m1/s1. The first-order valence-electron chi connectivity index (χ1n) is 9.85. The highest BCUT2D eigenvalue weighted by molar-refractivity contribution is 6.08. The van der Waals surface area contributed by atoms with E-state index in [0.717, 1.165) is 52.7 Å². The number of benzene rings is 1. The summed E-state index contributed by atoms with van der Waals surface area (Å²) >= 11 is 0. The van der Waals surface area contributed by atoms with E-state index in [9.17, 15) is 4.79 Å². The molecule has 1 aromatic carbocycles. The lowest BCUT2D eigenvalue weighted by molar-refractivity contribution is 0.0749. The van der Waals surface area contributed by atoms with Gasteiger partial charge in [-0.1, -0.05) is 12.1 Å². The molecule has 6 nitrogen and oxygen atoms in total. The summed E-state index contributed by atoms with van der Waals surface area (Å²) in [5, 5.41) is 14.3. The fraction of sp³-hybridized carbons (Fsp3) is 0.409. The number of fused-ring (bicyclic) bond motifs is 1. The molecule has 0 unspecified atom stereocenters. The van der Waals surface area contributed by atoms with Crippen LogP contribution >= 0.6 is 0 Å². The highest BCUT2D eigenvalue weighted by atomic mass is 16.3. The molecule has 1 fully saturated rings. The Morgan fingerprint density at radius 3 is 2.86 bits per heavy atom. The number of hydrogen-bond donors (Lipinski definition) is 1. The quantitative estimate of drug-likeness (QED) is 0.756. The molecule has 28 heavy (non-hydrogen) atoms. The average Bonchev–Trinajstić information content (AvgIpc) is 3.33. The fourth-order valence-corrected chi connectivity index (χ4v) is 3.96. The minimum atomic E-state index is 0.0289. The minimum Gasteiger partial charge on any atom is -0.394 e. The summed E-state index contributed by atoms with van der Waals surface area (Å²) < 4.78 is 1.69. The van der Waals surface area contributed by atoms with Crippen LogP contribution in [0.1, 0.15) is 41.3 Å². The number of nitrogens with zero attached hydrogens (tertiary/aromatic N) is 4. The second-order valence-electron chi connectivity index (χ2n) is 7.66. The Hall–Kier alpha value is -2.73. The Bertz CT molecular complexity index is 1040. The number of amides is 1. The molecule has 1 N–H and O–H groups in total. The lowest BCUT2D eigenvalue weighted by Crippen LogP contribution is -2.33. The van der Waals surface area contributed by atoms with Crippen LogP contribution in [0.2, 0.25) is 0 Å². The van der Waals surface area contributed by atoms with E-state index < -0.39 is 0 Å². The number of aryl methyl sites for hydroxylation is 2. The lowest BCUT2D eigenvalue weighted by atomic mass is 9.99. The van der Waals surface area contributed by atoms with Gasteiger partial charge >= 0.3 is 0 Å². The largest absolute Gasteiger partial charge is 0.394 e. The van der Waals surface area contributed by atoms with Crippen molar-refractivity contribution in [3.63, 3.8) is 0 Å². The number of likely N-dealkylation sites (tertiary alicyclic amines) is 1. The van der Waals surface area contributed by atoms with Gasteiger partial charge in [0.2, 0.25) is 0 Å². The van der Waals surface area contributed by atoms with E-state index in [4.69, 9.17) is 10.1 Å². The molecule has 0 saturated carbocycles. The van der Waals surface area contributed by atoms with Gasteiger partial charge in [0.05, 0.1) is 36.1 Å². The zero-order chi connectivity index (χ0) is 19.8. The molecule has 0 aliphatic carbocycles. The molecule has 1 saturated heterocycles. The van der Waals surface area contributed by atoms with Crippen LogP contribution in [0, 0.1) is 13.8 Å². The van der Waals surface area contributed by atoms with Gasteiger partial charge in [0.25, 0.3) is 5.91 Å². The van der Waals surface area contributed by atoms with Crippen molar-refractivity contribution in [1.82, 2.24) is 19.7 Å². The molecule has 1 amide bonds. The molecular weight excluding hydrogens is 352 g/mol. The second kappa shape index (κ2) is 7.36. The van der Waals surface area contributed by atoms with Crippen LogP contribution in [-0.2, 0) is 6.54 Å². The Balaban J connectivity index is 1.89. The average molecular weight is 378 g/mol. The zero-order valence-electron chi connectivity index (χ0n) is 16.6. The van der Waals surface area contributed by atoms with Crippen LogP contribution in [0.25, 0.3) is 22.2 Å². The number of rotatable bonds is 4. The van der Waals surface area contributed by atoms with E-state index >= 15 is 0 Å². The van der Waals surface area contributed by atoms with Crippen molar-refractivity contribution in [2.75, 3.05) is 13.2 Å². The zero-order valence-corrected chi connectivity index (χ0v) is 16.6. The van der Waals surface area contributed by atoms with Gasteiger partial charge in [-0.05, 0) is 50.8 Å². The maximum atomic E-state index is 13.4. The van der Waals surface area contributed by atoms with Crippen LogP contribution < -0.4 is 0 Å². The van der Waals surface area contributed by atoms with Crippen molar-refractivity contribution in [1.29, 1.82) is 0 Å². The molecule has 0 spiro atoms. The first-order valence-corrected chi connectivity index (χ1v) is 9.85. The van der Waals surface area contributed by atoms with Crippen LogP contribution in [0.3, 0.4) is 0 Å². The van der Waals surface area contributed by atoms with E-state index in [1.807, 2.05) is 23.2 Å². The first kappa shape index (κ1) is 18.6. The van der Waals surface area contributed by atoms with Crippen molar-refractivity contribution in [3.05, 3.63) is 47.3 Å². The van der Waals surface area contributed by atoms with Gasteiger partial charge in [-0.15, -0.1) is 0 Å². The Labute approximate surface area is 164 Å². The van der Waals surface area contributed by atoms with Gasteiger partial charge in [0.15, 0.2) is 0 Å². The molecule has 1 aliphatic heterocycles. The molecule has 2 aromatic heterocycles. The monoisotopic (exact) mass is 378 g/mol. The number of hydrogen-bond acceptors (Lipinski definition) is 4. The number of aliphatic hydroxyl groups is 1. The number of aliphatic hydroxyl groups excluding tert-OH is 1. The molecular formula is C22H26N4O2. The minimum absolute atomic E-state index is 0.0289. The van der Waals surface area contributed by atoms with Crippen molar-refractivity contribution < 1.29 is 9.90 Å². The van der Waals surface area contributed by atoms with Crippen molar-refractivity contribution in [2.24, 2.45) is 0 Å². The molecule has 3 heterocycles. The van der Waals surface area contributed by atoms with E-state index in [-0.39, 0.29) is 18.6 Å². The third-order valence-electron chi connectivity index (χ3n) is 5.81. The van der Waals surface area contributed by atoms with Crippen molar-refractivity contribution in [2.45, 2.75) is 46.2 Å². The molecule has 1 aliphatic rings. The third-order valence-corrected chi connectivity index (χ3v) is 5.81. The van der Waals surface area contributed by atoms with Gasteiger partial charge in [-0.25, -0.2) is 4.98 Å². The topological polar surface area (TPSA) is 71.2 Å². The molecule has 3 aromatic rings. The third kappa shape index (κ3) is 3.18. The number of carbonyl (C=O) groups excluding carboxylic acids is 1. The molecule has 0 radical (unpaired) electrons. The summed E-state index contributed by atoms with van der Waals surface area (Å²) in [6.45, 7) is 7.49. The summed E-state index contributed by atoms with van der Waals surface area (Å²) in [5.41, 5.74) is 5.39. The maximum absolute atomic E-state index is 13.4. The maximum Gasteiger partial charge on any atom is 0.254 e. The van der Waals surface area contributed by atoms with Gasteiger partial charge in [0, 0.05) is 29.7 Å². The van der Waals surface area contributed by atoms with Crippen molar-refractivity contribution in [3.8, 4) is 11.3 Å². The van der Waals surface area contributed by atoms with Gasteiger partial charge in [-0.2, -0.15) is 5.10 Å². The normalized spacial score (nSPS) is 16.9. The molecule has 6 heteroatoms. The Kier molecular flexibility index (Phi) is 4.89. The summed E-state index contributed by atoms with van der Waals surface area (Å²) in [6.07, 6.45) is 5.70. The highest BCUT2D eigenvalue weighted by Crippen LogP contribution is 2.30. The Morgan fingerprint density at radius 2 is 2.14 bits per heavy atom. The van der Waals surface area contributed by atoms with Crippen LogP contribution in [0.5, 0.6) is 0 Å². The molecule has 146 valence electrons. The Morgan fingerprint density at radius 1 is 1.32 bits per heavy atom. The SMILES string of the molecule is Cc1ccc2c(C(=O)N3CCC[C@H]3C)cc(-c3cnn(CCO)c3)nc2c1C. The smallest absolute Gasteiger partial charge is 0.254 e. The van der Waals surface area contributed by atoms with Gasteiger partial charge < -0.3 is 10.0 Å². The van der Waals surface area contributed by atoms with Gasteiger partial charge in [-0.3, -0.25) is 9.48 Å². The summed E-state index contributed by atoms with van der Waals surface area (Å²) in [4.78, 5) is 20.3. The van der Waals surface area contributed by atoms with E-state index in [1.165, 1.54) is 0 Å². The van der Waals surface area contributed by atoms with Crippen LogP contribution in [-0.4, -0.2) is 49.9 Å². The second-order valence-corrected chi connectivity index (χ2v) is 7.66. The molecule has 4 rings (SSSR count). The molecule has 1 atom stereocenters. The van der Waals surface area contributed by atoms with Crippen LogP contribution in [0.4, 0.5) is 0 Å². The lowest BCUT2D eigenvalue weighted by Gasteiger charge is -2.23. The number of aromatic nitrogens is 3. The van der Waals surface area contributed by atoms with Crippen LogP contribution in [0.15, 0.2) is 30.6 Å². The summed E-state index contributed by atoms with van der Waals surface area (Å²) in [7, 11) is 0. The van der Waals surface area contributed by atoms with E-state index in [1.54, 1.807) is 10.9 Å². The highest BCUT2D eigenvalue weighted by Gasteiger charge is 2.28. The summed E-state index contributed by atoms with van der Waals surface area (Å²) in [5.74, 6) is 0.0738. The number of carbonyl (C=O) groups is 1. The number of pyridine rings is 1. The van der Waals surface area contributed by atoms with E-state index in [2.05, 4.69) is 31.9 Å². The molecule has 0 bridgehead atoms. The van der Waals surface area contributed by atoms with Crippen molar-refractivity contribution >= 4 is 16.8 Å². The first-order chi connectivity index (χ1) is 13.5. The predicted octanol–water partition coefficient (Wildman–Crippen LogP) is 3.33.